The Morgan fingerprint density at radius 3 is 2.67 bits per heavy atom. The number of hydrogen-bond donors (Lipinski definition) is 1. The van der Waals surface area contributed by atoms with Crippen LogP contribution in [0, 0.1) is 0 Å². The first kappa shape index (κ1) is 8.65. The minimum absolute atomic E-state index is 0.272. The molecule has 0 unspecified atom stereocenters. The van der Waals surface area contributed by atoms with E-state index in [1.807, 2.05) is 19.9 Å². The van der Waals surface area contributed by atoms with Crippen LogP contribution in [-0.4, -0.2) is 5.11 Å². The van der Waals surface area contributed by atoms with Gasteiger partial charge in [0, 0.05) is 5.39 Å². The maximum atomic E-state index is 9.01. The number of aromatic hydroxyl groups is 1. The summed E-state index contributed by atoms with van der Waals surface area (Å²) < 4.78 is 5.06. The van der Waals surface area contributed by atoms with Crippen molar-refractivity contribution in [2.45, 2.75) is 13.8 Å². The second kappa shape index (κ2) is 3.81. The molecule has 0 radical (unpaired) electrons. The number of furan rings is 1. The lowest BCUT2D eigenvalue weighted by Crippen LogP contribution is -1.62. The Hall–Kier alpha value is -1.44. The Labute approximate surface area is 71.4 Å². The van der Waals surface area contributed by atoms with Gasteiger partial charge in [-0.3, -0.25) is 0 Å². The van der Waals surface area contributed by atoms with E-state index in [-0.39, 0.29) is 5.75 Å². The Morgan fingerprint density at radius 1 is 1.17 bits per heavy atom. The summed E-state index contributed by atoms with van der Waals surface area (Å²) in [7, 11) is 0. The highest BCUT2D eigenvalue weighted by atomic mass is 16.3. The molecular weight excluding hydrogens is 152 g/mol. The van der Waals surface area contributed by atoms with Crippen LogP contribution in [0.25, 0.3) is 11.0 Å². The molecule has 0 aliphatic carbocycles. The fraction of sp³-hybridized carbons (Fsp3) is 0.200. The summed E-state index contributed by atoms with van der Waals surface area (Å²) in [4.78, 5) is 0. The number of rotatable bonds is 0. The highest BCUT2D eigenvalue weighted by molar-refractivity contribution is 5.78. The fourth-order valence-electron chi connectivity index (χ4n) is 0.954. The molecule has 0 saturated heterocycles. The molecule has 0 fully saturated rings. The van der Waals surface area contributed by atoms with Crippen LogP contribution in [0.2, 0.25) is 0 Å². The van der Waals surface area contributed by atoms with E-state index in [1.54, 1.807) is 24.5 Å². The molecule has 2 heteroatoms. The number of phenolic OH excluding ortho intramolecular Hbond substituents is 1. The molecular formula is C10H12O2. The van der Waals surface area contributed by atoms with Gasteiger partial charge in [-0.05, 0) is 24.3 Å². The van der Waals surface area contributed by atoms with Crippen molar-refractivity contribution in [3.63, 3.8) is 0 Å². The zero-order valence-corrected chi connectivity index (χ0v) is 7.24. The van der Waals surface area contributed by atoms with Crippen molar-refractivity contribution in [2.24, 2.45) is 0 Å². The molecule has 0 atom stereocenters. The molecule has 2 rings (SSSR count). The number of benzene rings is 1. The summed E-state index contributed by atoms with van der Waals surface area (Å²) in [6.07, 6.45) is 1.60. The lowest BCUT2D eigenvalue weighted by atomic mass is 10.2. The molecule has 0 saturated carbocycles. The first-order valence-corrected chi connectivity index (χ1v) is 4.02. The molecule has 0 amide bonds. The molecule has 0 bridgehead atoms. The van der Waals surface area contributed by atoms with Gasteiger partial charge < -0.3 is 9.52 Å². The van der Waals surface area contributed by atoms with E-state index in [9.17, 15) is 0 Å². The van der Waals surface area contributed by atoms with Crippen LogP contribution in [0.1, 0.15) is 13.8 Å². The third kappa shape index (κ3) is 1.59. The molecule has 64 valence electrons. The van der Waals surface area contributed by atoms with Crippen LogP contribution < -0.4 is 0 Å². The highest BCUT2D eigenvalue weighted by Gasteiger charge is 1.94. The first-order chi connectivity index (χ1) is 5.86. The minimum Gasteiger partial charge on any atom is -0.508 e. The van der Waals surface area contributed by atoms with E-state index >= 15 is 0 Å². The Morgan fingerprint density at radius 2 is 1.92 bits per heavy atom. The molecule has 1 aromatic heterocycles. The van der Waals surface area contributed by atoms with Gasteiger partial charge in [0.15, 0.2) is 0 Å². The average Bonchev–Trinajstić information content (AvgIpc) is 2.54. The predicted molar refractivity (Wildman–Crippen MR) is 49.2 cm³/mol. The maximum Gasteiger partial charge on any atom is 0.134 e. The molecule has 1 heterocycles. The molecule has 0 spiro atoms. The average molecular weight is 164 g/mol. The van der Waals surface area contributed by atoms with Gasteiger partial charge in [-0.2, -0.15) is 0 Å². The normalized spacial score (nSPS) is 9.17. The topological polar surface area (TPSA) is 33.4 Å². The van der Waals surface area contributed by atoms with Crippen LogP contribution in [0.3, 0.4) is 0 Å². The van der Waals surface area contributed by atoms with Crippen LogP contribution in [0.15, 0.2) is 34.9 Å². The van der Waals surface area contributed by atoms with Crippen molar-refractivity contribution in [3.8, 4) is 5.75 Å². The molecule has 0 aliphatic heterocycles. The van der Waals surface area contributed by atoms with Crippen molar-refractivity contribution in [2.75, 3.05) is 0 Å². The van der Waals surface area contributed by atoms with E-state index in [1.165, 1.54) is 0 Å². The van der Waals surface area contributed by atoms with E-state index < -0.39 is 0 Å². The van der Waals surface area contributed by atoms with Crippen LogP contribution in [0.4, 0.5) is 0 Å². The molecule has 2 aromatic rings. The van der Waals surface area contributed by atoms with Gasteiger partial charge in [0.2, 0.25) is 0 Å². The standard InChI is InChI=1S/C8H6O2.C2H6/c9-7-1-2-8-6(5-7)3-4-10-8;1-2/h1-5,9H;1-2H3. The van der Waals surface area contributed by atoms with Gasteiger partial charge in [-0.15, -0.1) is 0 Å². The van der Waals surface area contributed by atoms with E-state index in [2.05, 4.69) is 0 Å². The SMILES string of the molecule is CC.Oc1ccc2occc2c1. The smallest absolute Gasteiger partial charge is 0.134 e. The van der Waals surface area contributed by atoms with Gasteiger partial charge in [0.05, 0.1) is 6.26 Å². The van der Waals surface area contributed by atoms with Crippen LogP contribution in [0.5, 0.6) is 5.75 Å². The largest absolute Gasteiger partial charge is 0.508 e. The predicted octanol–water partition coefficient (Wildman–Crippen LogP) is 3.16. The summed E-state index contributed by atoms with van der Waals surface area (Å²) in [5, 5.41) is 9.94. The van der Waals surface area contributed by atoms with Crippen molar-refractivity contribution < 1.29 is 9.52 Å². The van der Waals surface area contributed by atoms with Gasteiger partial charge in [0.1, 0.15) is 11.3 Å². The van der Waals surface area contributed by atoms with Crippen molar-refractivity contribution >= 4 is 11.0 Å². The Bertz CT molecular complexity index is 349. The van der Waals surface area contributed by atoms with Crippen molar-refractivity contribution in [1.29, 1.82) is 0 Å². The molecule has 0 aliphatic rings. The van der Waals surface area contributed by atoms with Gasteiger partial charge >= 0.3 is 0 Å². The summed E-state index contributed by atoms with van der Waals surface area (Å²) >= 11 is 0. The lowest BCUT2D eigenvalue weighted by Gasteiger charge is -1.88. The quantitative estimate of drug-likeness (QED) is 0.648. The van der Waals surface area contributed by atoms with Crippen LogP contribution >= 0.6 is 0 Å². The van der Waals surface area contributed by atoms with Gasteiger partial charge in [0.25, 0.3) is 0 Å². The summed E-state index contributed by atoms with van der Waals surface area (Å²) in [6, 6.07) is 6.82. The molecule has 1 N–H and O–H groups in total. The maximum absolute atomic E-state index is 9.01. The monoisotopic (exact) mass is 164 g/mol. The third-order valence-corrected chi connectivity index (χ3v) is 1.44. The minimum atomic E-state index is 0.272. The van der Waals surface area contributed by atoms with Gasteiger partial charge in [-0.1, -0.05) is 13.8 Å². The van der Waals surface area contributed by atoms with E-state index in [4.69, 9.17) is 9.52 Å². The fourth-order valence-corrected chi connectivity index (χ4v) is 0.954. The van der Waals surface area contributed by atoms with E-state index in [0.717, 1.165) is 11.0 Å². The third-order valence-electron chi connectivity index (χ3n) is 1.44. The zero-order valence-electron chi connectivity index (χ0n) is 7.24. The Kier molecular flexibility index (Phi) is 2.75. The van der Waals surface area contributed by atoms with E-state index in [0.29, 0.717) is 0 Å². The second-order valence-corrected chi connectivity index (χ2v) is 2.14. The van der Waals surface area contributed by atoms with Crippen molar-refractivity contribution in [1.82, 2.24) is 0 Å². The highest BCUT2D eigenvalue weighted by Crippen LogP contribution is 2.19. The lowest BCUT2D eigenvalue weighted by molar-refractivity contribution is 0.476. The van der Waals surface area contributed by atoms with Gasteiger partial charge in [-0.25, -0.2) is 0 Å². The Balaban J connectivity index is 0.000000336. The van der Waals surface area contributed by atoms with Crippen LogP contribution in [-0.2, 0) is 0 Å². The zero-order chi connectivity index (χ0) is 8.97. The van der Waals surface area contributed by atoms with Crippen molar-refractivity contribution in [3.05, 3.63) is 30.5 Å². The number of phenols is 1. The first-order valence-electron chi connectivity index (χ1n) is 4.02. The molecule has 2 nitrogen and oxygen atoms in total. The summed E-state index contributed by atoms with van der Waals surface area (Å²) in [5.41, 5.74) is 0.804. The molecule has 1 aromatic carbocycles. The number of fused-ring (bicyclic) bond motifs is 1. The second-order valence-electron chi connectivity index (χ2n) is 2.14. The summed E-state index contributed by atoms with van der Waals surface area (Å²) in [6.45, 7) is 4.00. The number of hydrogen-bond acceptors (Lipinski definition) is 2. The summed E-state index contributed by atoms with van der Waals surface area (Å²) in [5.74, 6) is 0.272. The molecule has 12 heavy (non-hydrogen) atoms.